The summed E-state index contributed by atoms with van der Waals surface area (Å²) in [5.74, 6) is 0.180. The summed E-state index contributed by atoms with van der Waals surface area (Å²) >= 11 is 12.7. The van der Waals surface area contributed by atoms with Gasteiger partial charge < -0.3 is 24.3 Å². The second kappa shape index (κ2) is 12.3. The average Bonchev–Trinajstić information content (AvgIpc) is 2.79. The molecule has 2 aromatic carbocycles. The summed E-state index contributed by atoms with van der Waals surface area (Å²) in [6.45, 7) is 5.59. The molecule has 1 unspecified atom stereocenters. The van der Waals surface area contributed by atoms with Crippen LogP contribution in [-0.4, -0.2) is 45.2 Å². The van der Waals surface area contributed by atoms with E-state index in [4.69, 9.17) is 42.1 Å². The Morgan fingerprint density at radius 1 is 1.00 bits per heavy atom. The van der Waals surface area contributed by atoms with Crippen LogP contribution in [0.2, 0.25) is 10.0 Å². The van der Waals surface area contributed by atoms with E-state index in [1.165, 1.54) is 27.2 Å². The van der Waals surface area contributed by atoms with Gasteiger partial charge in [-0.05, 0) is 32.9 Å². The first-order valence-electron chi connectivity index (χ1n) is 9.99. The van der Waals surface area contributed by atoms with Crippen molar-refractivity contribution in [2.45, 2.75) is 26.8 Å². The summed E-state index contributed by atoms with van der Waals surface area (Å²) in [6, 6.07) is 4.78. The van der Waals surface area contributed by atoms with Gasteiger partial charge in [-0.2, -0.15) is 10.2 Å². The predicted molar refractivity (Wildman–Crippen MR) is 126 cm³/mol. The third-order valence-electron chi connectivity index (χ3n) is 4.27. The molecule has 9 nitrogen and oxygen atoms in total. The number of carbonyl (C=O) groups excluding carboxylic acids is 2. The molecule has 1 atom stereocenters. The molecule has 0 aromatic heterocycles. The average molecular weight is 498 g/mol. The highest BCUT2D eigenvalue weighted by molar-refractivity contribution is 6.35. The molecule has 178 valence electrons. The van der Waals surface area contributed by atoms with Crippen LogP contribution in [0.3, 0.4) is 0 Å². The zero-order valence-electron chi connectivity index (χ0n) is 18.9. The van der Waals surface area contributed by atoms with E-state index in [0.717, 1.165) is 0 Å². The lowest BCUT2D eigenvalue weighted by Crippen LogP contribution is -2.32. The van der Waals surface area contributed by atoms with Crippen molar-refractivity contribution < 1.29 is 28.5 Å². The van der Waals surface area contributed by atoms with Crippen LogP contribution in [0.5, 0.6) is 23.0 Å². The molecule has 0 saturated carbocycles. The number of azo groups is 1. The lowest BCUT2D eigenvalue weighted by atomic mass is 10.2. The molecule has 0 saturated heterocycles. The van der Waals surface area contributed by atoms with E-state index >= 15 is 0 Å². The highest BCUT2D eigenvalue weighted by Gasteiger charge is 2.25. The second-order valence-electron chi connectivity index (χ2n) is 6.50. The molecule has 0 bridgehead atoms. The molecule has 2 rings (SSSR count). The van der Waals surface area contributed by atoms with Gasteiger partial charge in [-0.3, -0.25) is 9.59 Å². The van der Waals surface area contributed by atoms with Crippen LogP contribution in [-0.2, 0) is 9.59 Å². The summed E-state index contributed by atoms with van der Waals surface area (Å²) < 4.78 is 21.4. The van der Waals surface area contributed by atoms with Crippen molar-refractivity contribution in [2.75, 3.05) is 32.8 Å². The maximum atomic E-state index is 12.8. The molecule has 0 aliphatic rings. The van der Waals surface area contributed by atoms with E-state index in [-0.39, 0.29) is 27.2 Å². The Labute approximate surface area is 202 Å². The Balaban J connectivity index is 2.34. The van der Waals surface area contributed by atoms with Gasteiger partial charge in [0.2, 0.25) is 6.04 Å². The summed E-state index contributed by atoms with van der Waals surface area (Å²) in [4.78, 5) is 25.0. The van der Waals surface area contributed by atoms with Crippen molar-refractivity contribution in [3.63, 3.8) is 0 Å². The van der Waals surface area contributed by atoms with Crippen LogP contribution in [0.1, 0.15) is 20.8 Å². The summed E-state index contributed by atoms with van der Waals surface area (Å²) in [5.41, 5.74) is 0.403. The molecular weight excluding hydrogens is 473 g/mol. The largest absolute Gasteiger partial charge is 0.497 e. The number of amides is 1. The van der Waals surface area contributed by atoms with Gasteiger partial charge in [0.15, 0.2) is 17.3 Å². The van der Waals surface area contributed by atoms with Crippen LogP contribution in [0.15, 0.2) is 34.5 Å². The second-order valence-corrected chi connectivity index (χ2v) is 7.26. The summed E-state index contributed by atoms with van der Waals surface area (Å²) in [5, 5.41) is 10.8. The van der Waals surface area contributed by atoms with Crippen LogP contribution in [0.25, 0.3) is 0 Å². The number of hydrogen-bond acceptors (Lipinski definition) is 8. The van der Waals surface area contributed by atoms with Crippen molar-refractivity contribution in [3.05, 3.63) is 34.3 Å². The fraction of sp³-hybridized carbons (Fsp3) is 0.364. The fourth-order valence-corrected chi connectivity index (χ4v) is 3.20. The van der Waals surface area contributed by atoms with Gasteiger partial charge in [-0.1, -0.05) is 23.2 Å². The highest BCUT2D eigenvalue weighted by atomic mass is 35.5. The minimum Gasteiger partial charge on any atom is -0.497 e. The van der Waals surface area contributed by atoms with Gasteiger partial charge in [0.25, 0.3) is 5.91 Å². The number of ether oxygens (including phenoxy) is 4. The molecule has 1 amide bonds. The lowest BCUT2D eigenvalue weighted by Gasteiger charge is -2.16. The van der Waals surface area contributed by atoms with Crippen molar-refractivity contribution >= 4 is 46.3 Å². The van der Waals surface area contributed by atoms with Crippen molar-refractivity contribution in [2.24, 2.45) is 10.2 Å². The first-order chi connectivity index (χ1) is 15.8. The van der Waals surface area contributed by atoms with E-state index in [1.54, 1.807) is 25.1 Å². The Morgan fingerprint density at radius 2 is 1.70 bits per heavy atom. The first-order valence-corrected chi connectivity index (χ1v) is 10.7. The van der Waals surface area contributed by atoms with Gasteiger partial charge in [0, 0.05) is 12.1 Å². The molecule has 0 aliphatic heterocycles. The summed E-state index contributed by atoms with van der Waals surface area (Å²) in [7, 11) is 2.90. The maximum Gasteiger partial charge on any atom is 0.258 e. The van der Waals surface area contributed by atoms with E-state index < -0.39 is 17.7 Å². The number of rotatable bonds is 11. The first kappa shape index (κ1) is 26.2. The van der Waals surface area contributed by atoms with Gasteiger partial charge in [0.05, 0.1) is 33.1 Å². The third-order valence-corrected chi connectivity index (χ3v) is 5.03. The van der Waals surface area contributed by atoms with Crippen LogP contribution >= 0.6 is 23.2 Å². The number of ketones is 1. The molecular formula is C22H25Cl2N3O6. The molecule has 0 spiro atoms. The minimum absolute atomic E-state index is 0.135. The minimum atomic E-state index is -1.45. The summed E-state index contributed by atoms with van der Waals surface area (Å²) in [6.07, 6.45) is 0. The fourth-order valence-electron chi connectivity index (χ4n) is 2.72. The van der Waals surface area contributed by atoms with Crippen molar-refractivity contribution in [1.29, 1.82) is 0 Å². The lowest BCUT2D eigenvalue weighted by molar-refractivity contribution is -0.126. The SMILES string of the molecule is CCOc1ccc(NC(=O)C(N=Nc2cc(OC)cc(OC)c2Cl)C(C)=O)c(Cl)c1OCC. The molecule has 0 radical (unpaired) electrons. The number of Topliss-reactive ketones (excluding diaryl/α,β-unsaturated/α-hetero) is 1. The molecule has 0 heterocycles. The molecule has 11 heteroatoms. The Bertz CT molecular complexity index is 1050. The van der Waals surface area contributed by atoms with E-state index in [0.29, 0.717) is 30.5 Å². The number of methoxy groups -OCH3 is 2. The molecule has 2 aromatic rings. The number of anilines is 1. The third kappa shape index (κ3) is 6.49. The van der Waals surface area contributed by atoms with Gasteiger partial charge in [-0.25, -0.2) is 0 Å². The van der Waals surface area contributed by atoms with Crippen LogP contribution in [0, 0.1) is 0 Å². The number of nitrogens with zero attached hydrogens (tertiary/aromatic N) is 2. The molecule has 0 aliphatic carbocycles. The van der Waals surface area contributed by atoms with Crippen LogP contribution in [0.4, 0.5) is 11.4 Å². The molecule has 0 fully saturated rings. The van der Waals surface area contributed by atoms with Gasteiger partial charge in [0.1, 0.15) is 27.2 Å². The predicted octanol–water partition coefficient (Wildman–Crippen LogP) is 5.49. The number of nitrogens with one attached hydrogen (secondary N) is 1. The number of hydrogen-bond donors (Lipinski definition) is 1. The number of carbonyl (C=O) groups is 2. The molecule has 33 heavy (non-hydrogen) atoms. The number of halogens is 2. The van der Waals surface area contributed by atoms with Crippen molar-refractivity contribution in [1.82, 2.24) is 0 Å². The Morgan fingerprint density at radius 3 is 2.27 bits per heavy atom. The van der Waals surface area contributed by atoms with E-state index in [2.05, 4.69) is 15.5 Å². The Kier molecular flexibility index (Phi) is 9.74. The highest BCUT2D eigenvalue weighted by Crippen LogP contribution is 2.41. The smallest absolute Gasteiger partial charge is 0.258 e. The Hall–Kier alpha value is -3.04. The van der Waals surface area contributed by atoms with Crippen molar-refractivity contribution in [3.8, 4) is 23.0 Å². The van der Waals surface area contributed by atoms with E-state index in [9.17, 15) is 9.59 Å². The topological polar surface area (TPSA) is 108 Å². The molecule has 1 N–H and O–H groups in total. The quantitative estimate of drug-likeness (QED) is 0.324. The standard InChI is InChI=1S/C22H25Cl2N3O6/c1-6-32-16-9-8-14(19(24)21(16)33-7-2)25-22(29)20(12(3)28)27-26-15-10-13(30-4)11-17(31-5)18(15)23/h8-11,20H,6-7H2,1-5H3,(H,25,29). The monoisotopic (exact) mass is 497 g/mol. The zero-order chi connectivity index (χ0) is 24.5. The van der Waals surface area contributed by atoms with Gasteiger partial charge in [-0.15, -0.1) is 0 Å². The van der Waals surface area contributed by atoms with E-state index in [1.807, 2.05) is 6.92 Å². The normalized spacial score (nSPS) is 11.7. The van der Waals surface area contributed by atoms with Crippen LogP contribution < -0.4 is 24.3 Å². The number of benzene rings is 2. The zero-order valence-corrected chi connectivity index (χ0v) is 20.4. The van der Waals surface area contributed by atoms with Gasteiger partial charge >= 0.3 is 0 Å². The maximum absolute atomic E-state index is 12.8.